The number of nitrogens with one attached hydrogen (secondary N) is 1. The van der Waals surface area contributed by atoms with Crippen LogP contribution in [0, 0.1) is 12.8 Å². The summed E-state index contributed by atoms with van der Waals surface area (Å²) in [6, 6.07) is 13.6. The van der Waals surface area contributed by atoms with E-state index in [0.717, 1.165) is 12.2 Å². The van der Waals surface area contributed by atoms with E-state index in [9.17, 15) is 4.79 Å². The Labute approximate surface area is 148 Å². The molecule has 0 unspecified atom stereocenters. The highest BCUT2D eigenvalue weighted by Crippen LogP contribution is 2.46. The maximum atomic E-state index is 13.1. The predicted octanol–water partition coefficient (Wildman–Crippen LogP) is 3.03. The minimum absolute atomic E-state index is 0.170. The van der Waals surface area contributed by atoms with Gasteiger partial charge in [-0.05, 0) is 56.5 Å². The molecule has 1 N–H and O–H groups in total. The highest BCUT2D eigenvalue weighted by molar-refractivity contribution is 5.93. The van der Waals surface area contributed by atoms with Crippen LogP contribution < -0.4 is 0 Å². The minimum atomic E-state index is 0.170. The van der Waals surface area contributed by atoms with Gasteiger partial charge in [0, 0.05) is 24.7 Å². The Morgan fingerprint density at radius 2 is 1.84 bits per heavy atom. The first kappa shape index (κ1) is 15.2. The Kier molecular flexibility index (Phi) is 3.49. The summed E-state index contributed by atoms with van der Waals surface area (Å²) in [6.45, 7) is 5.36. The van der Waals surface area contributed by atoms with Crippen molar-refractivity contribution in [1.29, 1.82) is 0 Å². The van der Waals surface area contributed by atoms with Gasteiger partial charge in [0.1, 0.15) is 5.69 Å². The number of aromatic amines is 1. The van der Waals surface area contributed by atoms with E-state index in [-0.39, 0.29) is 5.91 Å². The molecule has 4 aliphatic heterocycles. The lowest BCUT2D eigenvalue weighted by molar-refractivity contribution is -0.00356. The van der Waals surface area contributed by atoms with Crippen LogP contribution in [-0.4, -0.2) is 52.4 Å². The first-order valence-electron chi connectivity index (χ1n) is 9.47. The minimum Gasteiger partial charge on any atom is -0.357 e. The number of fused-ring (bicyclic) bond motifs is 2. The Balaban J connectivity index is 1.53. The van der Waals surface area contributed by atoms with Crippen molar-refractivity contribution < 1.29 is 4.79 Å². The third-order valence-electron chi connectivity index (χ3n) is 6.59. The summed E-state index contributed by atoms with van der Waals surface area (Å²) >= 11 is 0. The van der Waals surface area contributed by atoms with Crippen LogP contribution in [0.1, 0.15) is 40.4 Å². The summed E-state index contributed by atoms with van der Waals surface area (Å²) in [5, 5.41) is 0. The smallest absolute Gasteiger partial charge is 0.270 e. The van der Waals surface area contributed by atoms with Crippen LogP contribution in [0.25, 0.3) is 0 Å². The summed E-state index contributed by atoms with van der Waals surface area (Å²) < 4.78 is 0. The van der Waals surface area contributed by atoms with Gasteiger partial charge in [0.05, 0.1) is 6.04 Å². The van der Waals surface area contributed by atoms with Gasteiger partial charge < -0.3 is 9.88 Å². The average molecular weight is 335 g/mol. The quantitative estimate of drug-likeness (QED) is 0.916. The van der Waals surface area contributed by atoms with Crippen LogP contribution in [0.3, 0.4) is 0 Å². The molecule has 1 aromatic carbocycles. The van der Waals surface area contributed by atoms with Crippen molar-refractivity contribution in [2.75, 3.05) is 19.6 Å². The number of likely N-dealkylation sites (tertiary alicyclic amines) is 1. The van der Waals surface area contributed by atoms with E-state index in [0.29, 0.717) is 23.9 Å². The van der Waals surface area contributed by atoms with Crippen LogP contribution in [0.2, 0.25) is 0 Å². The molecule has 0 radical (unpaired) electrons. The maximum Gasteiger partial charge on any atom is 0.270 e. The molecule has 2 bridgehead atoms. The predicted molar refractivity (Wildman–Crippen MR) is 97.6 cm³/mol. The van der Waals surface area contributed by atoms with E-state index >= 15 is 0 Å². The molecule has 3 atom stereocenters. The summed E-state index contributed by atoms with van der Waals surface area (Å²) in [5.41, 5.74) is 3.40. The number of carbonyl (C=O) groups is 1. The van der Waals surface area contributed by atoms with Gasteiger partial charge in [0.2, 0.25) is 0 Å². The van der Waals surface area contributed by atoms with Crippen molar-refractivity contribution in [2.45, 2.75) is 37.8 Å². The monoisotopic (exact) mass is 335 g/mol. The molecule has 25 heavy (non-hydrogen) atoms. The van der Waals surface area contributed by atoms with E-state index in [1.165, 1.54) is 37.1 Å². The molecule has 4 aliphatic rings. The largest absolute Gasteiger partial charge is 0.357 e. The number of H-pyrrole nitrogens is 1. The van der Waals surface area contributed by atoms with Gasteiger partial charge in [-0.1, -0.05) is 29.8 Å². The lowest BCUT2D eigenvalue weighted by Gasteiger charge is -2.51. The summed E-state index contributed by atoms with van der Waals surface area (Å²) in [6.07, 6.45) is 4.31. The average Bonchev–Trinajstić information content (AvgIpc) is 3.32. The molecular formula is C21H25N3O. The molecule has 4 fully saturated rings. The third kappa shape index (κ3) is 2.35. The van der Waals surface area contributed by atoms with Gasteiger partial charge in [0.25, 0.3) is 5.91 Å². The molecule has 4 saturated heterocycles. The van der Waals surface area contributed by atoms with E-state index in [2.05, 4.69) is 46.0 Å². The fourth-order valence-electron chi connectivity index (χ4n) is 5.38. The highest BCUT2D eigenvalue weighted by Gasteiger charge is 2.54. The molecular weight excluding hydrogens is 310 g/mol. The zero-order chi connectivity index (χ0) is 17.0. The zero-order valence-electron chi connectivity index (χ0n) is 14.7. The van der Waals surface area contributed by atoms with Crippen LogP contribution >= 0.6 is 0 Å². The molecule has 6 rings (SSSR count). The number of benzene rings is 1. The van der Waals surface area contributed by atoms with E-state index in [1.54, 1.807) is 0 Å². The van der Waals surface area contributed by atoms with E-state index in [4.69, 9.17) is 0 Å². The first-order chi connectivity index (χ1) is 12.2. The fraction of sp³-hybridized carbons (Fsp3) is 0.476. The number of nitrogens with zero attached hydrogens (tertiary/aromatic N) is 2. The number of aryl methyl sites for hydroxylation is 1. The number of rotatable bonds is 2. The number of piperidine rings is 3. The molecule has 4 nitrogen and oxygen atoms in total. The van der Waals surface area contributed by atoms with Crippen LogP contribution in [0.5, 0.6) is 0 Å². The second-order valence-corrected chi connectivity index (χ2v) is 7.91. The molecule has 0 spiro atoms. The van der Waals surface area contributed by atoms with Crippen LogP contribution in [0.15, 0.2) is 42.6 Å². The molecule has 5 heterocycles. The Hall–Kier alpha value is -2.07. The maximum absolute atomic E-state index is 13.1. The number of carbonyl (C=O) groups excluding carboxylic acids is 1. The SMILES string of the molecule is Cc1ccc([C@@H]2CN(C(=O)c3ccc[nH]3)[C@@H]3C4CCN(CC4)[C@@H]32)cc1. The van der Waals surface area contributed by atoms with E-state index in [1.807, 2.05) is 18.3 Å². The van der Waals surface area contributed by atoms with Crippen LogP contribution in [-0.2, 0) is 0 Å². The van der Waals surface area contributed by atoms with Crippen molar-refractivity contribution in [1.82, 2.24) is 14.8 Å². The highest BCUT2D eigenvalue weighted by atomic mass is 16.2. The molecule has 4 heteroatoms. The van der Waals surface area contributed by atoms with Crippen molar-refractivity contribution in [3.8, 4) is 0 Å². The second kappa shape index (κ2) is 5.73. The van der Waals surface area contributed by atoms with Crippen molar-refractivity contribution in [3.63, 3.8) is 0 Å². The molecule has 0 aliphatic carbocycles. The van der Waals surface area contributed by atoms with Crippen molar-refractivity contribution >= 4 is 5.91 Å². The van der Waals surface area contributed by atoms with Gasteiger partial charge >= 0.3 is 0 Å². The number of amides is 1. The number of hydrogen-bond acceptors (Lipinski definition) is 2. The summed E-state index contributed by atoms with van der Waals surface area (Å²) in [4.78, 5) is 21.1. The number of aromatic nitrogens is 1. The van der Waals surface area contributed by atoms with Crippen LogP contribution in [0.4, 0.5) is 0 Å². The molecule has 1 amide bonds. The molecule has 130 valence electrons. The normalized spacial score (nSPS) is 33.5. The van der Waals surface area contributed by atoms with Gasteiger partial charge in [-0.3, -0.25) is 9.69 Å². The lowest BCUT2D eigenvalue weighted by Crippen LogP contribution is -2.60. The van der Waals surface area contributed by atoms with E-state index < -0.39 is 0 Å². The Bertz CT molecular complexity index is 759. The Morgan fingerprint density at radius 1 is 1.08 bits per heavy atom. The molecule has 0 saturated carbocycles. The van der Waals surface area contributed by atoms with Crippen molar-refractivity contribution in [2.24, 2.45) is 5.92 Å². The van der Waals surface area contributed by atoms with Crippen molar-refractivity contribution in [3.05, 3.63) is 59.4 Å². The summed E-state index contributed by atoms with van der Waals surface area (Å²) in [5.74, 6) is 1.25. The lowest BCUT2D eigenvalue weighted by atomic mass is 9.75. The second-order valence-electron chi connectivity index (χ2n) is 7.91. The molecule has 1 aromatic heterocycles. The molecule has 2 aromatic rings. The standard InChI is InChI=1S/C21H25N3O/c1-14-4-6-15(7-5-14)17-13-24(21(25)18-3-2-10-22-18)19-16-8-11-23(12-9-16)20(17)19/h2-7,10,16-17,19-20,22H,8-9,11-13H2,1H3/t17-,19+,20+/m0/s1. The number of hydrogen-bond donors (Lipinski definition) is 1. The van der Waals surface area contributed by atoms with Gasteiger partial charge in [-0.15, -0.1) is 0 Å². The van der Waals surface area contributed by atoms with Gasteiger partial charge in [-0.25, -0.2) is 0 Å². The van der Waals surface area contributed by atoms with Gasteiger partial charge in [0.15, 0.2) is 0 Å². The Morgan fingerprint density at radius 3 is 2.52 bits per heavy atom. The third-order valence-corrected chi connectivity index (χ3v) is 6.59. The fourth-order valence-corrected chi connectivity index (χ4v) is 5.38. The zero-order valence-corrected chi connectivity index (χ0v) is 14.7. The topological polar surface area (TPSA) is 39.3 Å². The first-order valence-corrected chi connectivity index (χ1v) is 9.47. The summed E-state index contributed by atoms with van der Waals surface area (Å²) in [7, 11) is 0. The van der Waals surface area contributed by atoms with Gasteiger partial charge in [-0.2, -0.15) is 0 Å².